The van der Waals surface area contributed by atoms with Crippen molar-refractivity contribution in [3.8, 4) is 0 Å². The van der Waals surface area contributed by atoms with Gasteiger partial charge in [0.2, 0.25) is 0 Å². The fourth-order valence-electron chi connectivity index (χ4n) is 1.70. The Kier molecular flexibility index (Phi) is 4.84. The van der Waals surface area contributed by atoms with E-state index in [4.69, 9.17) is 0 Å². The van der Waals surface area contributed by atoms with Crippen molar-refractivity contribution in [1.82, 2.24) is 4.90 Å². The molecule has 0 atom stereocenters. The maximum atomic E-state index is 2.57. The number of rotatable bonds is 4. The maximum Gasteiger partial charge on any atom is 0.0127 e. The van der Waals surface area contributed by atoms with E-state index in [1.54, 1.807) is 0 Å². The predicted octanol–water partition coefficient (Wildman–Crippen LogP) is 3.30. The molecule has 0 fully saturated rings. The molecule has 0 N–H and O–H groups in total. The van der Waals surface area contributed by atoms with Gasteiger partial charge < -0.3 is 0 Å². The summed E-state index contributed by atoms with van der Waals surface area (Å²) in [6.45, 7) is 14.9. The Morgan fingerprint density at radius 2 is 1.67 bits per heavy atom. The summed E-state index contributed by atoms with van der Waals surface area (Å²) >= 11 is 0. The van der Waals surface area contributed by atoms with Crippen molar-refractivity contribution in [2.45, 2.75) is 66.0 Å². The highest BCUT2D eigenvalue weighted by Gasteiger charge is 2.22. The quantitative estimate of drug-likeness (QED) is 0.627. The summed E-state index contributed by atoms with van der Waals surface area (Å²) < 4.78 is 0. The molecule has 0 aliphatic rings. The van der Waals surface area contributed by atoms with Crippen LogP contribution in [0.15, 0.2) is 0 Å². The smallest absolute Gasteiger partial charge is 0.0127 e. The van der Waals surface area contributed by atoms with E-state index in [1.807, 2.05) is 0 Å². The van der Waals surface area contributed by atoms with E-state index in [1.165, 1.54) is 19.4 Å². The molecule has 0 radical (unpaired) electrons. The second-order valence-corrected chi connectivity index (χ2v) is 4.81. The number of nitrogens with zero attached hydrogens (tertiary/aromatic N) is 1. The van der Waals surface area contributed by atoms with Gasteiger partial charge in [-0.3, -0.25) is 4.90 Å². The van der Waals surface area contributed by atoms with E-state index in [9.17, 15) is 0 Å². The summed E-state index contributed by atoms with van der Waals surface area (Å²) in [6.07, 6.45) is 2.61. The van der Waals surface area contributed by atoms with Crippen molar-refractivity contribution >= 4 is 0 Å². The zero-order chi connectivity index (χ0) is 9.78. The normalized spacial score (nSPS) is 13.0. The molecule has 0 bridgehead atoms. The number of unbranched alkanes of at least 4 members (excludes halogenated alkanes) is 1. The molecule has 0 saturated carbocycles. The van der Waals surface area contributed by atoms with E-state index in [0.717, 1.165) is 0 Å². The third-order valence-corrected chi connectivity index (χ3v) is 2.24. The first-order valence-corrected chi connectivity index (χ1v) is 5.16. The Morgan fingerprint density at radius 1 is 1.17 bits per heavy atom. The van der Waals surface area contributed by atoms with Gasteiger partial charge in [0, 0.05) is 11.6 Å². The molecule has 0 saturated heterocycles. The first-order chi connectivity index (χ1) is 5.39. The van der Waals surface area contributed by atoms with Gasteiger partial charge in [0.25, 0.3) is 0 Å². The number of hydrogen-bond acceptors (Lipinski definition) is 1. The molecule has 12 heavy (non-hydrogen) atoms. The third kappa shape index (κ3) is 4.10. The molecule has 0 aliphatic heterocycles. The molecule has 0 unspecified atom stereocenters. The molecule has 1 heteroatoms. The fraction of sp³-hybridized carbons (Fsp3) is 1.00. The van der Waals surface area contributed by atoms with Gasteiger partial charge >= 0.3 is 0 Å². The maximum absolute atomic E-state index is 2.57. The Labute approximate surface area is 78.1 Å². The molecular formula is C11H25N. The van der Waals surface area contributed by atoms with Gasteiger partial charge in [0.1, 0.15) is 0 Å². The molecule has 0 heterocycles. The van der Waals surface area contributed by atoms with Crippen molar-refractivity contribution in [3.05, 3.63) is 0 Å². The van der Waals surface area contributed by atoms with Crippen LogP contribution in [0.1, 0.15) is 54.4 Å². The van der Waals surface area contributed by atoms with Crippen molar-refractivity contribution in [2.75, 3.05) is 6.54 Å². The summed E-state index contributed by atoms with van der Waals surface area (Å²) in [5.41, 5.74) is 0.323. The van der Waals surface area contributed by atoms with Crippen LogP contribution in [-0.4, -0.2) is 23.0 Å². The van der Waals surface area contributed by atoms with Crippen molar-refractivity contribution < 1.29 is 0 Å². The summed E-state index contributed by atoms with van der Waals surface area (Å²) in [4.78, 5) is 2.57. The number of hydrogen-bond donors (Lipinski definition) is 0. The average molecular weight is 171 g/mol. The van der Waals surface area contributed by atoms with Gasteiger partial charge in [0.05, 0.1) is 0 Å². The SMILES string of the molecule is CCCCN(C(C)C)C(C)(C)C. The first-order valence-electron chi connectivity index (χ1n) is 5.16. The lowest BCUT2D eigenvalue weighted by atomic mass is 10.0. The third-order valence-electron chi connectivity index (χ3n) is 2.24. The van der Waals surface area contributed by atoms with Crippen LogP contribution >= 0.6 is 0 Å². The molecule has 0 spiro atoms. The summed E-state index contributed by atoms with van der Waals surface area (Å²) in [5.74, 6) is 0. The summed E-state index contributed by atoms with van der Waals surface area (Å²) in [5, 5.41) is 0. The van der Waals surface area contributed by atoms with Crippen LogP contribution < -0.4 is 0 Å². The molecular weight excluding hydrogens is 146 g/mol. The van der Waals surface area contributed by atoms with E-state index < -0.39 is 0 Å². The van der Waals surface area contributed by atoms with Crippen LogP contribution in [0, 0.1) is 0 Å². The molecule has 0 aromatic rings. The lowest BCUT2D eigenvalue weighted by molar-refractivity contribution is 0.0973. The van der Waals surface area contributed by atoms with E-state index >= 15 is 0 Å². The van der Waals surface area contributed by atoms with Gasteiger partial charge in [-0.1, -0.05) is 13.3 Å². The Hall–Kier alpha value is -0.0400. The lowest BCUT2D eigenvalue weighted by Crippen LogP contribution is -2.46. The topological polar surface area (TPSA) is 3.24 Å². The highest BCUT2D eigenvalue weighted by molar-refractivity contribution is 4.78. The lowest BCUT2D eigenvalue weighted by Gasteiger charge is -2.39. The second kappa shape index (κ2) is 4.86. The minimum absolute atomic E-state index is 0.323. The van der Waals surface area contributed by atoms with E-state index in [0.29, 0.717) is 11.6 Å². The zero-order valence-electron chi connectivity index (χ0n) is 9.65. The largest absolute Gasteiger partial charge is 0.296 e. The molecule has 74 valence electrons. The van der Waals surface area contributed by atoms with E-state index in [-0.39, 0.29) is 0 Å². The van der Waals surface area contributed by atoms with Crippen LogP contribution in [0.3, 0.4) is 0 Å². The van der Waals surface area contributed by atoms with Crippen LogP contribution in [0.4, 0.5) is 0 Å². The summed E-state index contributed by atoms with van der Waals surface area (Å²) in [6, 6.07) is 0.663. The highest BCUT2D eigenvalue weighted by Crippen LogP contribution is 2.17. The second-order valence-electron chi connectivity index (χ2n) is 4.81. The Morgan fingerprint density at radius 3 is 1.92 bits per heavy atom. The minimum atomic E-state index is 0.323. The molecule has 0 aromatic carbocycles. The highest BCUT2D eigenvalue weighted by atomic mass is 15.2. The van der Waals surface area contributed by atoms with Crippen LogP contribution in [-0.2, 0) is 0 Å². The van der Waals surface area contributed by atoms with Crippen molar-refractivity contribution in [2.24, 2.45) is 0 Å². The van der Waals surface area contributed by atoms with E-state index in [2.05, 4.69) is 46.4 Å². The monoisotopic (exact) mass is 171 g/mol. The average Bonchev–Trinajstić information content (AvgIpc) is 1.84. The van der Waals surface area contributed by atoms with Gasteiger partial charge in [-0.15, -0.1) is 0 Å². The fourth-order valence-corrected chi connectivity index (χ4v) is 1.70. The van der Waals surface area contributed by atoms with Gasteiger partial charge in [-0.25, -0.2) is 0 Å². The molecule has 0 aromatic heterocycles. The van der Waals surface area contributed by atoms with Crippen LogP contribution in [0.25, 0.3) is 0 Å². The zero-order valence-corrected chi connectivity index (χ0v) is 9.65. The Balaban J connectivity index is 4.05. The molecule has 0 amide bonds. The van der Waals surface area contributed by atoms with Crippen molar-refractivity contribution in [3.63, 3.8) is 0 Å². The molecule has 1 nitrogen and oxygen atoms in total. The minimum Gasteiger partial charge on any atom is -0.296 e. The summed E-state index contributed by atoms with van der Waals surface area (Å²) in [7, 11) is 0. The van der Waals surface area contributed by atoms with Crippen LogP contribution in [0.2, 0.25) is 0 Å². The molecule has 0 aliphatic carbocycles. The predicted molar refractivity (Wildman–Crippen MR) is 56.5 cm³/mol. The van der Waals surface area contributed by atoms with Crippen molar-refractivity contribution in [1.29, 1.82) is 0 Å². The molecule has 0 rings (SSSR count). The van der Waals surface area contributed by atoms with Gasteiger partial charge in [0.15, 0.2) is 0 Å². The van der Waals surface area contributed by atoms with Gasteiger partial charge in [-0.2, -0.15) is 0 Å². The van der Waals surface area contributed by atoms with Crippen LogP contribution in [0.5, 0.6) is 0 Å². The Bertz CT molecular complexity index is 111. The standard InChI is InChI=1S/C11H25N/c1-7-8-9-12(10(2)3)11(4,5)6/h10H,7-9H2,1-6H3. The first kappa shape index (κ1) is 12.0. The van der Waals surface area contributed by atoms with Gasteiger partial charge in [-0.05, 0) is 47.6 Å².